The summed E-state index contributed by atoms with van der Waals surface area (Å²) < 4.78 is 9.95. The van der Waals surface area contributed by atoms with Crippen LogP contribution in [0.4, 0.5) is 0 Å². The Morgan fingerprint density at radius 3 is 2.26 bits per heavy atom. The fraction of sp³-hybridized carbons (Fsp3) is 0.429. The van der Waals surface area contributed by atoms with Crippen molar-refractivity contribution in [2.75, 3.05) is 7.11 Å². The second-order valence-corrected chi connectivity index (χ2v) is 4.44. The van der Waals surface area contributed by atoms with E-state index in [2.05, 4.69) is 4.74 Å². The molecule has 1 aromatic rings. The van der Waals surface area contributed by atoms with E-state index < -0.39 is 12.0 Å². The van der Waals surface area contributed by atoms with Crippen molar-refractivity contribution in [1.29, 1.82) is 0 Å². The highest BCUT2D eigenvalue weighted by molar-refractivity contribution is 6.01. The van der Waals surface area contributed by atoms with Crippen LogP contribution >= 0.6 is 0 Å². The Labute approximate surface area is 112 Å². The first kappa shape index (κ1) is 15.2. The van der Waals surface area contributed by atoms with E-state index in [1.54, 1.807) is 24.3 Å². The number of rotatable bonds is 6. The quantitative estimate of drug-likeness (QED) is 0.623. The van der Waals surface area contributed by atoms with Gasteiger partial charge in [0.25, 0.3) is 0 Å². The van der Waals surface area contributed by atoms with E-state index in [1.807, 2.05) is 13.8 Å². The van der Waals surface area contributed by atoms with Gasteiger partial charge in [-0.1, -0.05) is 0 Å². The van der Waals surface area contributed by atoms with Gasteiger partial charge in [0.15, 0.2) is 5.78 Å². The maximum atomic E-state index is 12.0. The molecule has 0 saturated heterocycles. The maximum absolute atomic E-state index is 12.0. The summed E-state index contributed by atoms with van der Waals surface area (Å²) in [6, 6.07) is 5.80. The molecule has 0 amide bonds. The zero-order valence-electron chi connectivity index (χ0n) is 11.4. The Morgan fingerprint density at radius 2 is 1.79 bits per heavy atom. The Bertz CT molecular complexity index is 439. The first-order chi connectivity index (χ1) is 8.93. The van der Waals surface area contributed by atoms with Gasteiger partial charge in [0.05, 0.1) is 25.7 Å². The molecule has 1 rings (SSSR count). The summed E-state index contributed by atoms with van der Waals surface area (Å²) in [6.07, 6.45) is -0.0531. The number of carbonyl (C=O) groups excluding carboxylic acids is 2. The van der Waals surface area contributed by atoms with E-state index in [0.717, 1.165) is 0 Å². The molecule has 0 aliphatic rings. The molecule has 0 fully saturated rings. The van der Waals surface area contributed by atoms with Crippen molar-refractivity contribution in [2.24, 2.45) is 5.73 Å². The molecule has 5 nitrogen and oxygen atoms in total. The third kappa shape index (κ3) is 4.71. The lowest BCUT2D eigenvalue weighted by atomic mass is 10.0. The molecule has 0 aromatic heterocycles. The smallest absolute Gasteiger partial charge is 0.307 e. The second-order valence-electron chi connectivity index (χ2n) is 4.44. The standard InChI is InChI=1S/C14H19NO4/c1-9(2)19-11-6-4-10(5-7-11)14(17)12(15)8-13(16)18-3/h4-7,9,12H,8,15H2,1-3H3. The highest BCUT2D eigenvalue weighted by Crippen LogP contribution is 2.15. The van der Waals surface area contributed by atoms with E-state index >= 15 is 0 Å². The van der Waals surface area contributed by atoms with Crippen LogP contribution in [0.1, 0.15) is 30.6 Å². The molecular weight excluding hydrogens is 246 g/mol. The number of ether oxygens (including phenoxy) is 2. The van der Waals surface area contributed by atoms with Crippen LogP contribution in [-0.4, -0.2) is 31.0 Å². The average Bonchev–Trinajstić information content (AvgIpc) is 2.37. The molecule has 1 atom stereocenters. The SMILES string of the molecule is COC(=O)CC(N)C(=O)c1ccc(OC(C)C)cc1. The minimum atomic E-state index is -0.885. The second kappa shape index (κ2) is 6.89. The van der Waals surface area contributed by atoms with Gasteiger partial charge in [0, 0.05) is 5.56 Å². The number of nitrogens with two attached hydrogens (primary N) is 1. The summed E-state index contributed by atoms with van der Waals surface area (Å²) in [5.41, 5.74) is 6.11. The predicted octanol–water partition coefficient (Wildman–Crippen LogP) is 1.55. The summed E-state index contributed by atoms with van der Waals surface area (Å²) in [4.78, 5) is 23.0. The third-order valence-electron chi connectivity index (χ3n) is 2.46. The number of methoxy groups -OCH3 is 1. The van der Waals surface area contributed by atoms with E-state index in [0.29, 0.717) is 11.3 Å². The van der Waals surface area contributed by atoms with Crippen molar-refractivity contribution < 1.29 is 19.1 Å². The number of Topliss-reactive ketones (excluding diaryl/α,β-unsaturated/α-hetero) is 1. The van der Waals surface area contributed by atoms with Crippen LogP contribution in [-0.2, 0) is 9.53 Å². The summed E-state index contributed by atoms with van der Waals surface area (Å²) in [7, 11) is 1.26. The lowest BCUT2D eigenvalue weighted by Gasteiger charge is -2.11. The number of carbonyl (C=O) groups is 2. The highest BCUT2D eigenvalue weighted by atomic mass is 16.5. The van der Waals surface area contributed by atoms with Gasteiger partial charge >= 0.3 is 5.97 Å². The van der Waals surface area contributed by atoms with Gasteiger partial charge in [-0.05, 0) is 38.1 Å². The predicted molar refractivity (Wildman–Crippen MR) is 71.1 cm³/mol. The van der Waals surface area contributed by atoms with Gasteiger partial charge in [-0.15, -0.1) is 0 Å². The Balaban J connectivity index is 2.69. The Kier molecular flexibility index (Phi) is 5.51. The summed E-state index contributed by atoms with van der Waals surface area (Å²) in [6.45, 7) is 3.84. The minimum Gasteiger partial charge on any atom is -0.491 e. The van der Waals surface area contributed by atoms with Crippen LogP contribution in [0.25, 0.3) is 0 Å². The lowest BCUT2D eigenvalue weighted by molar-refractivity contribution is -0.140. The van der Waals surface area contributed by atoms with Gasteiger partial charge in [-0.25, -0.2) is 0 Å². The number of hydrogen-bond acceptors (Lipinski definition) is 5. The van der Waals surface area contributed by atoms with E-state index in [4.69, 9.17) is 10.5 Å². The van der Waals surface area contributed by atoms with Crippen LogP contribution in [0.5, 0.6) is 5.75 Å². The van der Waals surface area contributed by atoms with Gasteiger partial charge in [0.2, 0.25) is 0 Å². The van der Waals surface area contributed by atoms with Crippen molar-refractivity contribution in [2.45, 2.75) is 32.4 Å². The van der Waals surface area contributed by atoms with Gasteiger partial charge in [-0.2, -0.15) is 0 Å². The number of hydrogen-bond donors (Lipinski definition) is 1. The first-order valence-electron chi connectivity index (χ1n) is 6.07. The molecule has 2 N–H and O–H groups in total. The van der Waals surface area contributed by atoms with E-state index in [1.165, 1.54) is 7.11 Å². The topological polar surface area (TPSA) is 78.6 Å². The molecule has 0 saturated carbocycles. The van der Waals surface area contributed by atoms with Gasteiger partial charge in [0.1, 0.15) is 5.75 Å². The molecule has 19 heavy (non-hydrogen) atoms. The fourth-order valence-electron chi connectivity index (χ4n) is 1.54. The van der Waals surface area contributed by atoms with Crippen LogP contribution in [0.15, 0.2) is 24.3 Å². The van der Waals surface area contributed by atoms with Gasteiger partial charge < -0.3 is 15.2 Å². The largest absolute Gasteiger partial charge is 0.491 e. The molecule has 1 unspecified atom stereocenters. The zero-order valence-corrected chi connectivity index (χ0v) is 11.4. The van der Waals surface area contributed by atoms with Crippen LogP contribution in [0, 0.1) is 0 Å². The summed E-state index contributed by atoms with van der Waals surface area (Å²) >= 11 is 0. The summed E-state index contributed by atoms with van der Waals surface area (Å²) in [5, 5.41) is 0. The van der Waals surface area contributed by atoms with Crippen molar-refractivity contribution in [3.05, 3.63) is 29.8 Å². The van der Waals surface area contributed by atoms with Crippen molar-refractivity contribution in [3.8, 4) is 5.75 Å². The Morgan fingerprint density at radius 1 is 1.21 bits per heavy atom. The van der Waals surface area contributed by atoms with E-state index in [-0.39, 0.29) is 18.3 Å². The number of esters is 1. The first-order valence-corrected chi connectivity index (χ1v) is 6.07. The fourth-order valence-corrected chi connectivity index (χ4v) is 1.54. The minimum absolute atomic E-state index is 0.0723. The molecule has 104 valence electrons. The number of ketones is 1. The molecule has 0 heterocycles. The maximum Gasteiger partial charge on any atom is 0.307 e. The normalized spacial score (nSPS) is 12.1. The number of benzene rings is 1. The van der Waals surface area contributed by atoms with Crippen LogP contribution in [0.2, 0.25) is 0 Å². The zero-order chi connectivity index (χ0) is 14.4. The van der Waals surface area contributed by atoms with Crippen molar-refractivity contribution in [1.82, 2.24) is 0 Å². The van der Waals surface area contributed by atoms with E-state index in [9.17, 15) is 9.59 Å². The van der Waals surface area contributed by atoms with Crippen molar-refractivity contribution >= 4 is 11.8 Å². The molecule has 0 aliphatic carbocycles. The molecule has 0 spiro atoms. The molecule has 0 aliphatic heterocycles. The molecular formula is C14H19NO4. The highest BCUT2D eigenvalue weighted by Gasteiger charge is 2.19. The monoisotopic (exact) mass is 265 g/mol. The summed E-state index contributed by atoms with van der Waals surface area (Å²) in [5.74, 6) is -0.102. The van der Waals surface area contributed by atoms with Gasteiger partial charge in [-0.3, -0.25) is 9.59 Å². The van der Waals surface area contributed by atoms with Crippen LogP contribution < -0.4 is 10.5 Å². The lowest BCUT2D eigenvalue weighted by Crippen LogP contribution is -2.33. The third-order valence-corrected chi connectivity index (χ3v) is 2.46. The Hall–Kier alpha value is -1.88. The van der Waals surface area contributed by atoms with Crippen LogP contribution in [0.3, 0.4) is 0 Å². The molecule has 0 bridgehead atoms. The molecule has 0 radical (unpaired) electrons. The van der Waals surface area contributed by atoms with Crippen molar-refractivity contribution in [3.63, 3.8) is 0 Å². The molecule has 5 heteroatoms. The average molecular weight is 265 g/mol. The molecule has 1 aromatic carbocycles.